The Morgan fingerprint density at radius 1 is 1.00 bits per heavy atom. The zero-order chi connectivity index (χ0) is 26.2. The molecule has 36 heavy (non-hydrogen) atoms. The number of benzene rings is 2. The maximum Gasteiger partial charge on any atom is 0.418 e. The Balaban J connectivity index is 1.80. The molecule has 0 radical (unpaired) electrons. The predicted molar refractivity (Wildman–Crippen MR) is 118 cm³/mol. The van der Waals surface area contributed by atoms with Crippen LogP contribution < -0.4 is 16.1 Å². The van der Waals surface area contributed by atoms with E-state index in [4.69, 9.17) is 5.73 Å². The second-order valence-corrected chi connectivity index (χ2v) is 9.01. The van der Waals surface area contributed by atoms with Gasteiger partial charge in [-0.05, 0) is 49.6 Å². The van der Waals surface area contributed by atoms with Gasteiger partial charge in [-0.15, -0.1) is 0 Å². The minimum atomic E-state index is -5.01. The normalized spacial score (nSPS) is 22.0. The van der Waals surface area contributed by atoms with Gasteiger partial charge in [0, 0.05) is 17.9 Å². The highest BCUT2D eigenvalue weighted by molar-refractivity contribution is 5.97. The fourth-order valence-corrected chi connectivity index (χ4v) is 5.46. The first-order valence-corrected chi connectivity index (χ1v) is 11.0. The monoisotopic (exact) mass is 511 g/mol. The van der Waals surface area contributed by atoms with E-state index in [0.29, 0.717) is 18.9 Å². The Morgan fingerprint density at radius 3 is 2.25 bits per heavy atom. The number of halogens is 6. The third-order valence-corrected chi connectivity index (χ3v) is 6.95. The highest BCUT2D eigenvalue weighted by Gasteiger charge is 2.46. The van der Waals surface area contributed by atoms with Crippen molar-refractivity contribution >= 4 is 22.5 Å². The molecule has 0 saturated carbocycles. The number of aliphatic hydroxyl groups excluding tert-OH is 1. The van der Waals surface area contributed by atoms with E-state index in [9.17, 15) is 41.0 Å². The molecular formula is C24H19F6N3O3. The summed E-state index contributed by atoms with van der Waals surface area (Å²) < 4.78 is 84.7. The van der Waals surface area contributed by atoms with E-state index in [1.54, 1.807) is 4.90 Å². The number of nitrogens with zero attached hydrogens (tertiary/aromatic N) is 2. The van der Waals surface area contributed by atoms with Gasteiger partial charge >= 0.3 is 12.4 Å². The number of carbonyl (C=O) groups excluding carboxylic acids is 1. The molecule has 1 aromatic heterocycles. The molecule has 0 unspecified atom stereocenters. The Kier molecular flexibility index (Phi) is 5.36. The first-order chi connectivity index (χ1) is 16.8. The zero-order valence-electron chi connectivity index (χ0n) is 18.4. The molecule has 6 nitrogen and oxygen atoms in total. The second kappa shape index (κ2) is 7.99. The second-order valence-electron chi connectivity index (χ2n) is 9.01. The van der Waals surface area contributed by atoms with E-state index in [1.165, 1.54) is 6.07 Å². The number of pyridine rings is 1. The van der Waals surface area contributed by atoms with E-state index in [-0.39, 0.29) is 17.8 Å². The smallest absolute Gasteiger partial charge is 0.391 e. The SMILES string of the molecule is NC(=O)c1cn(-c2ccc(N3[C@H]4CC[C@H]3[C@@H](O)C4)cc2C(F)(F)F)c2cccc(C(F)(F)F)c2c1=O. The Bertz CT molecular complexity index is 1450. The highest BCUT2D eigenvalue weighted by atomic mass is 19.4. The lowest BCUT2D eigenvalue weighted by Gasteiger charge is -2.27. The van der Waals surface area contributed by atoms with Gasteiger partial charge in [0.25, 0.3) is 5.91 Å². The van der Waals surface area contributed by atoms with Gasteiger partial charge in [-0.1, -0.05) is 6.07 Å². The van der Waals surface area contributed by atoms with Crippen LogP contribution in [0.1, 0.15) is 40.7 Å². The summed E-state index contributed by atoms with van der Waals surface area (Å²) in [7, 11) is 0. The number of aliphatic hydroxyl groups is 1. The van der Waals surface area contributed by atoms with Crippen LogP contribution in [0.15, 0.2) is 47.4 Å². The summed E-state index contributed by atoms with van der Waals surface area (Å²) in [4.78, 5) is 26.4. The average molecular weight is 511 g/mol. The molecule has 0 spiro atoms. The lowest BCUT2D eigenvalue weighted by atomic mass is 9.98. The van der Waals surface area contributed by atoms with Gasteiger partial charge < -0.3 is 20.3 Å². The molecule has 2 aliphatic rings. The van der Waals surface area contributed by atoms with Gasteiger partial charge in [-0.2, -0.15) is 26.3 Å². The highest BCUT2D eigenvalue weighted by Crippen LogP contribution is 2.44. The summed E-state index contributed by atoms with van der Waals surface area (Å²) in [5, 5.41) is 9.24. The number of carbonyl (C=O) groups is 1. The number of aromatic nitrogens is 1. The van der Waals surface area contributed by atoms with Crippen molar-refractivity contribution < 1.29 is 36.2 Å². The Hall–Kier alpha value is -3.54. The van der Waals surface area contributed by atoms with Gasteiger partial charge in [-0.25, -0.2) is 0 Å². The molecule has 190 valence electrons. The number of hydrogen-bond donors (Lipinski definition) is 2. The summed E-state index contributed by atoms with van der Waals surface area (Å²) in [6.45, 7) is 0. The molecule has 3 N–H and O–H groups in total. The van der Waals surface area contributed by atoms with E-state index in [0.717, 1.165) is 41.5 Å². The Morgan fingerprint density at radius 2 is 1.69 bits per heavy atom. The van der Waals surface area contributed by atoms with Crippen molar-refractivity contribution in [2.45, 2.75) is 49.8 Å². The predicted octanol–water partition coefficient (Wildman–Crippen LogP) is 4.23. The van der Waals surface area contributed by atoms with E-state index in [2.05, 4.69) is 0 Å². The summed E-state index contributed by atoms with van der Waals surface area (Å²) in [6, 6.07) is 5.54. The first kappa shape index (κ1) is 24.2. The molecule has 2 fully saturated rings. The van der Waals surface area contributed by atoms with Gasteiger partial charge in [0.05, 0.1) is 39.9 Å². The number of alkyl halides is 6. The van der Waals surface area contributed by atoms with Crippen molar-refractivity contribution in [1.82, 2.24) is 4.57 Å². The third kappa shape index (κ3) is 3.71. The number of anilines is 1. The number of primary amides is 1. The largest absolute Gasteiger partial charge is 0.418 e. The van der Waals surface area contributed by atoms with Crippen LogP contribution in [0, 0.1) is 0 Å². The molecule has 1 amide bonds. The van der Waals surface area contributed by atoms with E-state index >= 15 is 0 Å². The maximum atomic E-state index is 14.3. The van der Waals surface area contributed by atoms with Gasteiger partial charge in [-0.3, -0.25) is 9.59 Å². The number of amides is 1. The van der Waals surface area contributed by atoms with Gasteiger partial charge in [0.15, 0.2) is 0 Å². The molecule has 0 aliphatic carbocycles. The summed E-state index contributed by atoms with van der Waals surface area (Å²) in [5.74, 6) is -1.37. The summed E-state index contributed by atoms with van der Waals surface area (Å²) >= 11 is 0. The van der Waals surface area contributed by atoms with Crippen LogP contribution in [0.5, 0.6) is 0 Å². The lowest BCUT2D eigenvalue weighted by Crippen LogP contribution is -2.32. The van der Waals surface area contributed by atoms with Crippen molar-refractivity contribution in [3.8, 4) is 5.69 Å². The van der Waals surface area contributed by atoms with Gasteiger partial charge in [0.2, 0.25) is 5.43 Å². The molecule has 3 atom stereocenters. The quantitative estimate of drug-likeness (QED) is 0.516. The van der Waals surface area contributed by atoms with Crippen molar-refractivity contribution in [2.75, 3.05) is 4.90 Å². The van der Waals surface area contributed by atoms with Crippen molar-refractivity contribution in [1.29, 1.82) is 0 Å². The number of fused-ring (bicyclic) bond motifs is 3. The summed E-state index contributed by atoms with van der Waals surface area (Å²) in [6.07, 6.45) is -8.11. The zero-order valence-corrected chi connectivity index (χ0v) is 18.4. The van der Waals surface area contributed by atoms with E-state index < -0.39 is 63.1 Å². The maximum absolute atomic E-state index is 14.3. The molecule has 12 heteroatoms. The molecule has 3 aromatic rings. The number of hydrogen-bond acceptors (Lipinski definition) is 4. The molecular weight excluding hydrogens is 492 g/mol. The van der Waals surface area contributed by atoms with Crippen LogP contribution in [-0.4, -0.2) is 33.8 Å². The van der Waals surface area contributed by atoms with Crippen molar-refractivity contribution in [3.05, 3.63) is 69.5 Å². The van der Waals surface area contributed by atoms with Crippen LogP contribution in [0.25, 0.3) is 16.6 Å². The van der Waals surface area contributed by atoms with Crippen LogP contribution in [-0.2, 0) is 12.4 Å². The van der Waals surface area contributed by atoms with Crippen LogP contribution in [0.3, 0.4) is 0 Å². The van der Waals surface area contributed by atoms with Crippen molar-refractivity contribution in [3.63, 3.8) is 0 Å². The van der Waals surface area contributed by atoms with Crippen LogP contribution >= 0.6 is 0 Å². The standard InChI is InChI=1S/C24H19F6N3O3/c25-23(26,27)14-2-1-3-18-20(14)21(35)13(22(31)36)10-32(18)16-6-4-11(8-15(16)24(28,29)30)33-12-5-7-17(33)19(34)9-12/h1-4,6,8,10,12,17,19,34H,5,7,9H2,(H2,31,36)/t12-,17-,19-/m0/s1. The van der Waals surface area contributed by atoms with Crippen LogP contribution in [0.2, 0.25) is 0 Å². The molecule has 2 aliphatic heterocycles. The minimum absolute atomic E-state index is 0.124. The van der Waals surface area contributed by atoms with Gasteiger partial charge in [0.1, 0.15) is 5.56 Å². The number of nitrogens with two attached hydrogens (primary N) is 1. The fraction of sp³-hybridized carbons (Fsp3) is 0.333. The molecule has 5 rings (SSSR count). The molecule has 2 bridgehead atoms. The molecule has 2 aromatic carbocycles. The van der Waals surface area contributed by atoms with E-state index in [1.807, 2.05) is 0 Å². The summed E-state index contributed by atoms with van der Waals surface area (Å²) in [5.41, 5.74) is -0.398. The number of rotatable bonds is 3. The minimum Gasteiger partial charge on any atom is -0.391 e. The third-order valence-electron chi connectivity index (χ3n) is 6.95. The van der Waals surface area contributed by atoms with Crippen molar-refractivity contribution in [2.24, 2.45) is 5.73 Å². The van der Waals surface area contributed by atoms with Crippen LogP contribution in [0.4, 0.5) is 32.0 Å². The fourth-order valence-electron chi connectivity index (χ4n) is 5.46. The molecule has 3 heterocycles. The average Bonchev–Trinajstić information content (AvgIpc) is 3.34. The molecule has 2 saturated heterocycles. The first-order valence-electron chi connectivity index (χ1n) is 11.0. The topological polar surface area (TPSA) is 88.6 Å². The lowest BCUT2D eigenvalue weighted by molar-refractivity contribution is -0.138. The Labute approximate surface area is 199 Å².